The van der Waals surface area contributed by atoms with Crippen molar-refractivity contribution in [3.8, 4) is 0 Å². The molecule has 1 heterocycles. The summed E-state index contributed by atoms with van der Waals surface area (Å²) in [5, 5.41) is 0. The molecule has 7 heteroatoms. The smallest absolute Gasteiger partial charge is 0.319 e. The molecule has 0 aliphatic heterocycles. The maximum Gasteiger partial charge on any atom is 0.319 e. The average Bonchev–Trinajstić information content (AvgIpc) is 3.17. The van der Waals surface area contributed by atoms with Crippen molar-refractivity contribution in [3.63, 3.8) is 0 Å². The third-order valence-electron chi connectivity index (χ3n) is 4.03. The number of aryl methyl sites for hydroxylation is 1. The van der Waals surface area contributed by atoms with Gasteiger partial charge in [-0.25, -0.2) is 13.4 Å². The molecule has 0 unspecified atom stereocenters. The van der Waals surface area contributed by atoms with Gasteiger partial charge < -0.3 is 9.30 Å². The van der Waals surface area contributed by atoms with Crippen LogP contribution in [0.2, 0.25) is 0 Å². The Bertz CT molecular complexity index is 847. The van der Waals surface area contributed by atoms with E-state index in [0.717, 1.165) is 6.26 Å². The molecule has 0 atom stereocenters. The molecule has 1 aromatic heterocycles. The lowest BCUT2D eigenvalue weighted by Crippen LogP contribution is -2.25. The van der Waals surface area contributed by atoms with Gasteiger partial charge in [0.2, 0.25) is 0 Å². The number of nitrogens with zero attached hydrogens (tertiary/aromatic N) is 2. The molecular formula is C14H16N2O4S. The van der Waals surface area contributed by atoms with Crippen LogP contribution >= 0.6 is 0 Å². The van der Waals surface area contributed by atoms with Gasteiger partial charge in [0, 0.05) is 13.3 Å². The molecule has 2 aromatic rings. The van der Waals surface area contributed by atoms with E-state index in [-0.39, 0.29) is 10.9 Å². The number of benzene rings is 1. The van der Waals surface area contributed by atoms with Crippen LogP contribution in [0.1, 0.15) is 18.7 Å². The fourth-order valence-corrected chi connectivity index (χ4v) is 3.58. The maximum atomic E-state index is 12.0. The van der Waals surface area contributed by atoms with Crippen LogP contribution in [0.4, 0.5) is 0 Å². The number of sulfone groups is 1. The van der Waals surface area contributed by atoms with Crippen LogP contribution in [-0.2, 0) is 31.8 Å². The van der Waals surface area contributed by atoms with E-state index in [9.17, 15) is 13.2 Å². The van der Waals surface area contributed by atoms with Crippen LogP contribution in [0.15, 0.2) is 23.1 Å². The highest BCUT2D eigenvalue weighted by atomic mass is 32.2. The number of imidazole rings is 1. The molecule has 1 aromatic carbocycles. The van der Waals surface area contributed by atoms with Gasteiger partial charge >= 0.3 is 5.97 Å². The van der Waals surface area contributed by atoms with Gasteiger partial charge in [0.1, 0.15) is 16.8 Å². The second kappa shape index (κ2) is 4.30. The Morgan fingerprint density at radius 2 is 2.05 bits per heavy atom. The van der Waals surface area contributed by atoms with E-state index in [0.29, 0.717) is 29.7 Å². The van der Waals surface area contributed by atoms with E-state index in [1.54, 1.807) is 23.7 Å². The zero-order valence-electron chi connectivity index (χ0n) is 12.1. The largest absolute Gasteiger partial charge is 0.468 e. The van der Waals surface area contributed by atoms with E-state index in [4.69, 9.17) is 4.74 Å². The van der Waals surface area contributed by atoms with Crippen LogP contribution in [0.5, 0.6) is 0 Å². The first kappa shape index (κ1) is 14.1. The fourth-order valence-electron chi connectivity index (χ4n) is 2.76. The molecule has 0 amide bonds. The molecule has 6 nitrogen and oxygen atoms in total. The number of rotatable bonds is 3. The van der Waals surface area contributed by atoms with Crippen molar-refractivity contribution in [2.75, 3.05) is 13.4 Å². The maximum absolute atomic E-state index is 12.0. The number of aromatic nitrogens is 2. The molecular weight excluding hydrogens is 292 g/mol. The van der Waals surface area contributed by atoms with E-state index in [1.807, 2.05) is 0 Å². The van der Waals surface area contributed by atoms with Crippen LogP contribution in [0, 0.1) is 0 Å². The number of hydrogen-bond acceptors (Lipinski definition) is 5. The predicted molar refractivity (Wildman–Crippen MR) is 76.8 cm³/mol. The summed E-state index contributed by atoms with van der Waals surface area (Å²) in [5.41, 5.74) is 0.382. The number of para-hydroxylation sites is 1. The number of fused-ring (bicyclic) bond motifs is 1. The second-order valence-electron chi connectivity index (χ2n) is 5.46. The van der Waals surface area contributed by atoms with E-state index in [2.05, 4.69) is 4.98 Å². The third-order valence-corrected chi connectivity index (χ3v) is 5.16. The van der Waals surface area contributed by atoms with E-state index < -0.39 is 15.3 Å². The molecule has 0 bridgehead atoms. The Hall–Kier alpha value is -1.89. The van der Waals surface area contributed by atoms with Crippen LogP contribution in [0.3, 0.4) is 0 Å². The minimum atomic E-state index is -3.38. The highest BCUT2D eigenvalue weighted by Gasteiger charge is 2.56. The number of carbonyl (C=O) groups excluding carboxylic acids is 1. The zero-order valence-corrected chi connectivity index (χ0v) is 12.9. The molecule has 1 saturated carbocycles. The van der Waals surface area contributed by atoms with Gasteiger partial charge in [0.05, 0.1) is 17.5 Å². The lowest BCUT2D eigenvalue weighted by atomic mass is 10.1. The summed E-state index contributed by atoms with van der Waals surface area (Å²) in [7, 11) is -0.230. The summed E-state index contributed by atoms with van der Waals surface area (Å²) in [4.78, 5) is 16.7. The molecule has 112 valence electrons. The number of carbonyl (C=O) groups is 1. The zero-order chi connectivity index (χ0) is 15.4. The van der Waals surface area contributed by atoms with Crippen LogP contribution in [-0.4, -0.2) is 37.3 Å². The van der Waals surface area contributed by atoms with Crippen molar-refractivity contribution in [2.45, 2.75) is 23.2 Å². The monoisotopic (exact) mass is 308 g/mol. The van der Waals surface area contributed by atoms with E-state index >= 15 is 0 Å². The Morgan fingerprint density at radius 3 is 2.57 bits per heavy atom. The molecule has 0 spiro atoms. The lowest BCUT2D eigenvalue weighted by molar-refractivity contribution is -0.143. The normalized spacial score (nSPS) is 16.9. The molecule has 1 aliphatic carbocycles. The summed E-state index contributed by atoms with van der Waals surface area (Å²) in [6.07, 6.45) is 2.50. The Morgan fingerprint density at radius 1 is 1.38 bits per heavy atom. The predicted octanol–water partition coefficient (Wildman–Crippen LogP) is 1.18. The standard InChI is InChI=1S/C14H16N2O4S/c1-16-9-5-4-6-10(21(3,18)19)11(9)15-12(16)14(7-8-14)13(17)20-2/h4-6H,7-8H2,1-3H3. The number of esters is 1. The molecule has 0 N–H and O–H groups in total. The molecule has 3 rings (SSSR count). The highest BCUT2D eigenvalue weighted by molar-refractivity contribution is 7.91. The van der Waals surface area contributed by atoms with Crippen molar-refractivity contribution < 1.29 is 17.9 Å². The first-order valence-corrected chi connectivity index (χ1v) is 8.45. The quantitative estimate of drug-likeness (QED) is 0.796. The van der Waals surface area contributed by atoms with Gasteiger partial charge in [-0.2, -0.15) is 0 Å². The molecule has 21 heavy (non-hydrogen) atoms. The first-order valence-electron chi connectivity index (χ1n) is 6.55. The minimum absolute atomic E-state index is 0.183. The van der Waals surface area contributed by atoms with Crippen molar-refractivity contribution in [2.24, 2.45) is 7.05 Å². The SMILES string of the molecule is COC(=O)C1(c2nc3c(S(C)(=O)=O)cccc3n2C)CC1. The fraction of sp³-hybridized carbons (Fsp3) is 0.429. The van der Waals surface area contributed by atoms with Crippen molar-refractivity contribution in [1.29, 1.82) is 0 Å². The number of ether oxygens (including phenoxy) is 1. The molecule has 0 saturated heterocycles. The summed E-state index contributed by atoms with van der Waals surface area (Å²) in [5.74, 6) is 0.252. The lowest BCUT2D eigenvalue weighted by Gasteiger charge is -2.12. The third kappa shape index (κ3) is 1.95. The second-order valence-corrected chi connectivity index (χ2v) is 7.45. The topological polar surface area (TPSA) is 78.3 Å². The molecule has 1 aliphatic rings. The summed E-state index contributed by atoms with van der Waals surface area (Å²) < 4.78 is 30.4. The number of hydrogen-bond donors (Lipinski definition) is 0. The van der Waals surface area contributed by atoms with Gasteiger partial charge in [-0.15, -0.1) is 0 Å². The van der Waals surface area contributed by atoms with Crippen molar-refractivity contribution >= 4 is 26.8 Å². The summed E-state index contributed by atoms with van der Waals surface area (Å²) >= 11 is 0. The molecule has 0 radical (unpaired) electrons. The van der Waals surface area contributed by atoms with Gasteiger partial charge in [-0.3, -0.25) is 4.79 Å². The summed E-state index contributed by atoms with van der Waals surface area (Å²) in [6, 6.07) is 5.02. The number of methoxy groups -OCH3 is 1. The first-order chi connectivity index (χ1) is 9.81. The van der Waals surface area contributed by atoms with Gasteiger partial charge in [-0.1, -0.05) is 6.07 Å². The van der Waals surface area contributed by atoms with Gasteiger partial charge in [0.15, 0.2) is 9.84 Å². The van der Waals surface area contributed by atoms with Gasteiger partial charge in [-0.05, 0) is 25.0 Å². The van der Waals surface area contributed by atoms with Crippen molar-refractivity contribution in [1.82, 2.24) is 9.55 Å². The van der Waals surface area contributed by atoms with E-state index in [1.165, 1.54) is 13.2 Å². The Balaban J connectivity index is 2.29. The Labute approximate surface area is 122 Å². The van der Waals surface area contributed by atoms with Crippen LogP contribution in [0.25, 0.3) is 11.0 Å². The van der Waals surface area contributed by atoms with Gasteiger partial charge in [0.25, 0.3) is 0 Å². The Kier molecular flexibility index (Phi) is 2.88. The minimum Gasteiger partial charge on any atom is -0.468 e. The molecule has 1 fully saturated rings. The van der Waals surface area contributed by atoms with Crippen LogP contribution < -0.4 is 0 Å². The van der Waals surface area contributed by atoms with Crippen molar-refractivity contribution in [3.05, 3.63) is 24.0 Å². The average molecular weight is 308 g/mol. The summed E-state index contributed by atoms with van der Waals surface area (Å²) in [6.45, 7) is 0. The highest BCUT2D eigenvalue weighted by Crippen LogP contribution is 2.49.